The van der Waals surface area contributed by atoms with Gasteiger partial charge in [-0.25, -0.2) is 5.01 Å². The van der Waals surface area contributed by atoms with Gasteiger partial charge in [0.2, 0.25) is 0 Å². The molecule has 1 rings (SSSR count). The Morgan fingerprint density at radius 3 is 3.00 bits per heavy atom. The van der Waals surface area contributed by atoms with Gasteiger partial charge in [0, 0.05) is 13.1 Å². The molecule has 0 radical (unpaired) electrons. The lowest BCUT2D eigenvalue weighted by atomic mass is 10.1. The van der Waals surface area contributed by atoms with Gasteiger partial charge in [-0.2, -0.15) is 0 Å². The van der Waals surface area contributed by atoms with Crippen molar-refractivity contribution in [2.75, 3.05) is 26.7 Å². The number of nitrogens with one attached hydrogen (secondary N) is 1. The summed E-state index contributed by atoms with van der Waals surface area (Å²) in [6.07, 6.45) is 3.05. The Balaban J connectivity index is 2.36. The molecule has 0 unspecified atom stereocenters. The molecule has 1 heterocycles. The monoisotopic (exact) mass is 142 g/mol. The number of aliphatic hydroxyl groups excluding tert-OH is 1. The van der Waals surface area contributed by atoms with Crippen molar-refractivity contribution >= 4 is 0 Å². The first-order valence-corrected chi connectivity index (χ1v) is 3.58. The Kier molecular flexibility index (Phi) is 2.86. The second kappa shape index (κ2) is 3.71. The summed E-state index contributed by atoms with van der Waals surface area (Å²) < 4.78 is 0. The zero-order chi connectivity index (χ0) is 7.40. The number of rotatable bonds is 2. The molecule has 0 spiro atoms. The highest BCUT2D eigenvalue weighted by Crippen LogP contribution is 2.06. The largest absolute Gasteiger partial charge is 0.392 e. The Labute approximate surface area is 61.3 Å². The first-order valence-electron chi connectivity index (χ1n) is 3.58. The molecule has 2 N–H and O–H groups in total. The van der Waals surface area contributed by atoms with Gasteiger partial charge in [-0.05, 0) is 19.0 Å². The van der Waals surface area contributed by atoms with Gasteiger partial charge in [0.25, 0.3) is 0 Å². The quantitative estimate of drug-likeness (QED) is 0.522. The van der Waals surface area contributed by atoms with E-state index in [9.17, 15) is 0 Å². The summed E-state index contributed by atoms with van der Waals surface area (Å²) in [5.41, 5.74) is 4.21. The highest BCUT2D eigenvalue weighted by atomic mass is 16.3. The molecule has 1 aliphatic heterocycles. The average molecular weight is 142 g/mol. The second-order valence-electron chi connectivity index (χ2n) is 2.44. The summed E-state index contributed by atoms with van der Waals surface area (Å²) in [5, 5.41) is 10.9. The fraction of sp³-hybridized carbons (Fsp3) is 0.714. The van der Waals surface area contributed by atoms with Crippen LogP contribution < -0.4 is 5.43 Å². The van der Waals surface area contributed by atoms with Crippen LogP contribution in [0.2, 0.25) is 0 Å². The summed E-state index contributed by atoms with van der Waals surface area (Å²) >= 11 is 0. The van der Waals surface area contributed by atoms with E-state index in [2.05, 4.69) is 16.5 Å². The van der Waals surface area contributed by atoms with Crippen molar-refractivity contribution in [2.24, 2.45) is 0 Å². The fourth-order valence-corrected chi connectivity index (χ4v) is 1.06. The summed E-state index contributed by atoms with van der Waals surface area (Å²) in [6, 6.07) is 0. The third-order valence-corrected chi connectivity index (χ3v) is 1.82. The third kappa shape index (κ3) is 1.80. The SMILES string of the molecule is CNN1CC=C(CO)CC1. The van der Waals surface area contributed by atoms with Gasteiger partial charge in [-0.1, -0.05) is 6.08 Å². The molecular formula is C7H14N2O. The minimum absolute atomic E-state index is 0.220. The van der Waals surface area contributed by atoms with Crippen LogP contribution in [-0.4, -0.2) is 36.9 Å². The highest BCUT2D eigenvalue weighted by Gasteiger charge is 2.07. The molecule has 3 heteroatoms. The second-order valence-corrected chi connectivity index (χ2v) is 2.44. The van der Waals surface area contributed by atoms with Crippen LogP contribution in [0.1, 0.15) is 6.42 Å². The van der Waals surface area contributed by atoms with Crippen LogP contribution in [0.25, 0.3) is 0 Å². The van der Waals surface area contributed by atoms with Crippen LogP contribution >= 0.6 is 0 Å². The van der Waals surface area contributed by atoms with Crippen LogP contribution in [0.5, 0.6) is 0 Å². The number of aliphatic hydroxyl groups is 1. The van der Waals surface area contributed by atoms with Crippen LogP contribution in [0.3, 0.4) is 0 Å². The van der Waals surface area contributed by atoms with Gasteiger partial charge < -0.3 is 5.11 Å². The smallest absolute Gasteiger partial charge is 0.0642 e. The summed E-state index contributed by atoms with van der Waals surface area (Å²) in [4.78, 5) is 0. The predicted octanol–water partition coefficient (Wildman–Crippen LogP) is -0.255. The minimum Gasteiger partial charge on any atom is -0.392 e. The van der Waals surface area contributed by atoms with Crippen molar-refractivity contribution in [1.82, 2.24) is 10.4 Å². The maximum atomic E-state index is 8.74. The van der Waals surface area contributed by atoms with Gasteiger partial charge in [0.1, 0.15) is 0 Å². The molecule has 0 saturated carbocycles. The molecule has 0 atom stereocenters. The maximum Gasteiger partial charge on any atom is 0.0642 e. The van der Waals surface area contributed by atoms with E-state index in [4.69, 9.17) is 5.11 Å². The van der Waals surface area contributed by atoms with E-state index in [0.717, 1.165) is 25.1 Å². The summed E-state index contributed by atoms with van der Waals surface area (Å²) in [6.45, 7) is 2.13. The first-order chi connectivity index (χ1) is 4.86. The lowest BCUT2D eigenvalue weighted by molar-refractivity contribution is 0.215. The van der Waals surface area contributed by atoms with Crippen molar-refractivity contribution in [3.63, 3.8) is 0 Å². The molecule has 1 aliphatic rings. The Morgan fingerprint density at radius 2 is 2.60 bits per heavy atom. The number of hydrazine groups is 1. The average Bonchev–Trinajstić information content (AvgIpc) is 2.05. The topological polar surface area (TPSA) is 35.5 Å². The maximum absolute atomic E-state index is 8.74. The van der Waals surface area contributed by atoms with Crippen molar-refractivity contribution in [2.45, 2.75) is 6.42 Å². The van der Waals surface area contributed by atoms with Crippen LogP contribution in [-0.2, 0) is 0 Å². The Bertz CT molecular complexity index is 134. The third-order valence-electron chi connectivity index (χ3n) is 1.82. The van der Waals surface area contributed by atoms with Gasteiger partial charge in [-0.15, -0.1) is 0 Å². The predicted molar refractivity (Wildman–Crippen MR) is 40.4 cm³/mol. The van der Waals surface area contributed by atoms with E-state index in [-0.39, 0.29) is 6.61 Å². The fourth-order valence-electron chi connectivity index (χ4n) is 1.06. The molecule has 0 aromatic rings. The first kappa shape index (κ1) is 7.72. The molecule has 0 aromatic heterocycles. The standard InChI is InChI=1S/C7H14N2O/c1-8-9-4-2-7(6-10)3-5-9/h2,8,10H,3-6H2,1H3. The molecule has 0 fully saturated rings. The Hall–Kier alpha value is -0.380. The van der Waals surface area contributed by atoms with Crippen LogP contribution in [0.4, 0.5) is 0 Å². The van der Waals surface area contributed by atoms with E-state index >= 15 is 0 Å². The van der Waals surface area contributed by atoms with Gasteiger partial charge in [-0.3, -0.25) is 5.43 Å². The van der Waals surface area contributed by atoms with E-state index in [1.807, 2.05) is 7.05 Å². The zero-order valence-corrected chi connectivity index (χ0v) is 6.30. The van der Waals surface area contributed by atoms with Gasteiger partial charge in [0.15, 0.2) is 0 Å². The van der Waals surface area contributed by atoms with Gasteiger partial charge in [0.05, 0.1) is 6.61 Å². The van der Waals surface area contributed by atoms with Gasteiger partial charge >= 0.3 is 0 Å². The molecule has 0 bridgehead atoms. The molecule has 10 heavy (non-hydrogen) atoms. The van der Waals surface area contributed by atoms with E-state index < -0.39 is 0 Å². The zero-order valence-electron chi connectivity index (χ0n) is 6.30. The molecule has 0 aromatic carbocycles. The Morgan fingerprint density at radius 1 is 1.80 bits per heavy atom. The molecule has 58 valence electrons. The van der Waals surface area contributed by atoms with E-state index in [1.54, 1.807) is 0 Å². The van der Waals surface area contributed by atoms with Crippen molar-refractivity contribution in [3.8, 4) is 0 Å². The lowest BCUT2D eigenvalue weighted by Crippen LogP contribution is -2.38. The highest BCUT2D eigenvalue weighted by molar-refractivity contribution is 5.06. The lowest BCUT2D eigenvalue weighted by Gasteiger charge is -2.24. The van der Waals surface area contributed by atoms with E-state index in [0.29, 0.717) is 0 Å². The molecule has 3 nitrogen and oxygen atoms in total. The number of nitrogens with zero attached hydrogens (tertiary/aromatic N) is 1. The molecular weight excluding hydrogens is 128 g/mol. The molecule has 0 amide bonds. The normalized spacial score (nSPS) is 20.8. The van der Waals surface area contributed by atoms with Crippen molar-refractivity contribution in [3.05, 3.63) is 11.6 Å². The van der Waals surface area contributed by atoms with Crippen LogP contribution in [0.15, 0.2) is 11.6 Å². The molecule has 0 saturated heterocycles. The number of hydrogen-bond acceptors (Lipinski definition) is 3. The molecule has 0 aliphatic carbocycles. The summed E-state index contributed by atoms with van der Waals surface area (Å²) in [7, 11) is 1.91. The van der Waals surface area contributed by atoms with E-state index in [1.165, 1.54) is 0 Å². The summed E-state index contributed by atoms with van der Waals surface area (Å²) in [5.74, 6) is 0. The minimum atomic E-state index is 0.220. The van der Waals surface area contributed by atoms with Crippen molar-refractivity contribution < 1.29 is 5.11 Å². The number of hydrogen-bond donors (Lipinski definition) is 2. The van der Waals surface area contributed by atoms with Crippen LogP contribution in [0, 0.1) is 0 Å². The van der Waals surface area contributed by atoms with Crippen molar-refractivity contribution in [1.29, 1.82) is 0 Å².